The lowest BCUT2D eigenvalue weighted by Gasteiger charge is -2.14. The molecule has 0 aliphatic heterocycles. The smallest absolute Gasteiger partial charge is 0.341 e. The van der Waals surface area contributed by atoms with Crippen LogP contribution in [0, 0.1) is 0 Å². The number of thiophene rings is 1. The van der Waals surface area contributed by atoms with Crippen LogP contribution < -0.4 is 5.32 Å². The number of ether oxygens (including phenoxy) is 2. The number of hydrogen-bond acceptors (Lipinski definition) is 6. The number of aromatic nitrogens is 1. The highest BCUT2D eigenvalue weighted by Crippen LogP contribution is 2.36. The fraction of sp³-hybridized carbons (Fsp3) is 0.222. The Morgan fingerprint density at radius 3 is 2.54 bits per heavy atom. The molecule has 0 fully saturated rings. The Bertz CT molecular complexity index is 1340. The SMILES string of the molecule is CCOC(=O)c1cc(-c2ccccc2)sc1NC(=O)[C@H](C)OC(=O)CCn1ccc2ccccc21. The van der Waals surface area contributed by atoms with E-state index in [0.29, 0.717) is 11.5 Å². The fourth-order valence-electron chi connectivity index (χ4n) is 3.66. The molecule has 1 amide bonds. The number of para-hydroxylation sites is 1. The van der Waals surface area contributed by atoms with Crippen molar-refractivity contribution in [3.05, 3.63) is 78.5 Å². The van der Waals surface area contributed by atoms with E-state index in [2.05, 4.69) is 5.32 Å². The second kappa shape index (κ2) is 11.0. The summed E-state index contributed by atoms with van der Waals surface area (Å²) >= 11 is 1.26. The molecule has 2 aromatic heterocycles. The van der Waals surface area contributed by atoms with Gasteiger partial charge in [-0.2, -0.15) is 0 Å². The second-order valence-electron chi connectivity index (χ2n) is 7.88. The van der Waals surface area contributed by atoms with E-state index < -0.39 is 23.9 Å². The first kappa shape index (κ1) is 24.2. The first-order chi connectivity index (χ1) is 17.0. The van der Waals surface area contributed by atoms with Gasteiger partial charge in [0.15, 0.2) is 6.10 Å². The van der Waals surface area contributed by atoms with E-state index in [-0.39, 0.29) is 18.6 Å². The number of carbonyl (C=O) groups is 3. The molecule has 0 radical (unpaired) electrons. The molecule has 2 heterocycles. The van der Waals surface area contributed by atoms with Gasteiger partial charge >= 0.3 is 11.9 Å². The number of nitrogens with one attached hydrogen (secondary N) is 1. The molecule has 7 nitrogen and oxygen atoms in total. The van der Waals surface area contributed by atoms with Crippen molar-refractivity contribution in [3.63, 3.8) is 0 Å². The minimum Gasteiger partial charge on any atom is -0.462 e. The van der Waals surface area contributed by atoms with Crippen molar-refractivity contribution in [3.8, 4) is 10.4 Å². The maximum absolute atomic E-state index is 12.8. The molecular weight excluding hydrogens is 464 g/mol. The number of esters is 2. The van der Waals surface area contributed by atoms with E-state index in [4.69, 9.17) is 9.47 Å². The van der Waals surface area contributed by atoms with E-state index in [1.54, 1.807) is 13.0 Å². The van der Waals surface area contributed by atoms with Gasteiger partial charge in [0.25, 0.3) is 5.91 Å². The van der Waals surface area contributed by atoms with E-state index in [1.807, 2.05) is 71.4 Å². The molecule has 4 aromatic rings. The van der Waals surface area contributed by atoms with Crippen molar-refractivity contribution in [2.24, 2.45) is 0 Å². The van der Waals surface area contributed by atoms with Gasteiger partial charge in [-0.15, -0.1) is 11.3 Å². The minimum atomic E-state index is -1.03. The summed E-state index contributed by atoms with van der Waals surface area (Å²) in [5, 5.41) is 4.19. The number of anilines is 1. The second-order valence-corrected chi connectivity index (χ2v) is 8.93. The van der Waals surface area contributed by atoms with Crippen LogP contribution >= 0.6 is 11.3 Å². The molecule has 0 saturated heterocycles. The van der Waals surface area contributed by atoms with Gasteiger partial charge in [0, 0.05) is 23.1 Å². The minimum absolute atomic E-state index is 0.127. The summed E-state index contributed by atoms with van der Waals surface area (Å²) in [4.78, 5) is 38.5. The molecule has 1 N–H and O–H groups in total. The normalized spacial score (nSPS) is 11.7. The van der Waals surface area contributed by atoms with Gasteiger partial charge in [-0.3, -0.25) is 9.59 Å². The number of benzene rings is 2. The Kier molecular flexibility index (Phi) is 7.62. The molecule has 2 aromatic carbocycles. The number of amides is 1. The number of carbonyl (C=O) groups excluding carboxylic acids is 3. The summed E-state index contributed by atoms with van der Waals surface area (Å²) in [6.45, 7) is 3.89. The van der Waals surface area contributed by atoms with Crippen LogP contribution in [0.25, 0.3) is 21.3 Å². The largest absolute Gasteiger partial charge is 0.462 e. The average Bonchev–Trinajstić information content (AvgIpc) is 3.48. The topological polar surface area (TPSA) is 86.6 Å². The maximum atomic E-state index is 12.8. The standard InChI is InChI=1S/C27H26N2O5S/c1-3-33-27(32)21-17-23(20-10-5-4-6-11-20)35-26(21)28-25(31)18(2)34-24(30)14-16-29-15-13-19-9-7-8-12-22(19)29/h4-13,15,17-18H,3,14,16H2,1-2H3,(H,28,31)/t18-/m0/s1. The van der Waals surface area contributed by atoms with Gasteiger partial charge < -0.3 is 19.4 Å². The van der Waals surface area contributed by atoms with E-state index >= 15 is 0 Å². The first-order valence-corrected chi connectivity index (χ1v) is 12.2. The zero-order valence-corrected chi connectivity index (χ0v) is 20.3. The van der Waals surface area contributed by atoms with Gasteiger partial charge in [0.05, 0.1) is 18.6 Å². The molecule has 0 saturated carbocycles. The number of hydrogen-bond donors (Lipinski definition) is 1. The maximum Gasteiger partial charge on any atom is 0.341 e. The van der Waals surface area contributed by atoms with Crippen LogP contribution in [0.1, 0.15) is 30.6 Å². The van der Waals surface area contributed by atoms with Crippen molar-refractivity contribution < 1.29 is 23.9 Å². The van der Waals surface area contributed by atoms with E-state index in [9.17, 15) is 14.4 Å². The van der Waals surface area contributed by atoms with Crippen molar-refractivity contribution in [1.29, 1.82) is 0 Å². The fourth-order valence-corrected chi connectivity index (χ4v) is 4.71. The van der Waals surface area contributed by atoms with Gasteiger partial charge in [0.1, 0.15) is 5.00 Å². The molecule has 4 rings (SSSR count). The average molecular weight is 491 g/mol. The molecule has 0 spiro atoms. The van der Waals surface area contributed by atoms with Gasteiger partial charge in [0.2, 0.25) is 0 Å². The number of rotatable bonds is 9. The molecular formula is C27H26N2O5S. The zero-order valence-electron chi connectivity index (χ0n) is 19.5. The lowest BCUT2D eigenvalue weighted by atomic mass is 10.1. The third-order valence-electron chi connectivity index (χ3n) is 5.44. The van der Waals surface area contributed by atoms with Gasteiger partial charge in [-0.25, -0.2) is 4.79 Å². The van der Waals surface area contributed by atoms with Crippen LogP contribution in [0.5, 0.6) is 0 Å². The monoisotopic (exact) mass is 490 g/mol. The zero-order chi connectivity index (χ0) is 24.8. The van der Waals surface area contributed by atoms with Crippen LogP contribution in [-0.4, -0.2) is 35.1 Å². The first-order valence-electron chi connectivity index (χ1n) is 11.4. The van der Waals surface area contributed by atoms with Gasteiger partial charge in [-0.05, 0) is 43.0 Å². The summed E-state index contributed by atoms with van der Waals surface area (Å²) in [5.41, 5.74) is 2.21. The lowest BCUT2D eigenvalue weighted by Crippen LogP contribution is -2.30. The van der Waals surface area contributed by atoms with Crippen LogP contribution in [0.15, 0.2) is 72.9 Å². The van der Waals surface area contributed by atoms with Crippen LogP contribution in [-0.2, 0) is 25.6 Å². The molecule has 35 heavy (non-hydrogen) atoms. The molecule has 0 aliphatic carbocycles. The third-order valence-corrected chi connectivity index (χ3v) is 6.54. The predicted octanol–water partition coefficient (Wildman–Crippen LogP) is 5.51. The van der Waals surface area contributed by atoms with Crippen molar-refractivity contribution in [2.45, 2.75) is 32.9 Å². The van der Waals surface area contributed by atoms with Gasteiger partial charge in [-0.1, -0.05) is 48.5 Å². The van der Waals surface area contributed by atoms with Crippen molar-refractivity contribution in [1.82, 2.24) is 4.57 Å². The predicted molar refractivity (Wildman–Crippen MR) is 136 cm³/mol. The number of nitrogens with zero attached hydrogens (tertiary/aromatic N) is 1. The van der Waals surface area contributed by atoms with E-state index in [0.717, 1.165) is 21.3 Å². The summed E-state index contributed by atoms with van der Waals surface area (Å²) in [6.07, 6.45) is 1.02. The summed E-state index contributed by atoms with van der Waals surface area (Å²) in [6, 6.07) is 21.1. The van der Waals surface area contributed by atoms with Crippen molar-refractivity contribution >= 4 is 45.1 Å². The lowest BCUT2D eigenvalue weighted by molar-refractivity contribution is -0.153. The Hall–Kier alpha value is -3.91. The number of fused-ring (bicyclic) bond motifs is 1. The Balaban J connectivity index is 1.40. The molecule has 1 atom stereocenters. The molecule has 0 unspecified atom stereocenters. The highest BCUT2D eigenvalue weighted by Gasteiger charge is 2.24. The molecule has 0 aliphatic rings. The Labute approximate surface area is 207 Å². The third kappa shape index (κ3) is 5.78. The molecule has 180 valence electrons. The Morgan fingerprint density at radius 1 is 1.03 bits per heavy atom. The Morgan fingerprint density at radius 2 is 1.77 bits per heavy atom. The number of aryl methyl sites for hydroxylation is 1. The van der Waals surface area contributed by atoms with Crippen LogP contribution in [0.3, 0.4) is 0 Å². The summed E-state index contributed by atoms with van der Waals surface area (Å²) < 4.78 is 12.5. The molecule has 0 bridgehead atoms. The summed E-state index contributed by atoms with van der Waals surface area (Å²) in [7, 11) is 0. The highest BCUT2D eigenvalue weighted by molar-refractivity contribution is 7.20. The molecule has 8 heteroatoms. The highest BCUT2D eigenvalue weighted by atomic mass is 32.1. The quantitative estimate of drug-likeness (QED) is 0.313. The van der Waals surface area contributed by atoms with Crippen LogP contribution in [0.4, 0.5) is 5.00 Å². The van der Waals surface area contributed by atoms with Crippen LogP contribution in [0.2, 0.25) is 0 Å². The summed E-state index contributed by atoms with van der Waals surface area (Å²) in [5.74, 6) is -1.52. The van der Waals surface area contributed by atoms with E-state index in [1.165, 1.54) is 18.3 Å². The van der Waals surface area contributed by atoms with Crippen molar-refractivity contribution in [2.75, 3.05) is 11.9 Å².